The predicted octanol–water partition coefficient (Wildman–Crippen LogP) is -3.58. The van der Waals surface area contributed by atoms with Crippen molar-refractivity contribution in [1.82, 2.24) is 4.72 Å². The van der Waals surface area contributed by atoms with Crippen LogP contribution in [0.3, 0.4) is 0 Å². The summed E-state index contributed by atoms with van der Waals surface area (Å²) in [4.78, 5) is 23.8. The highest BCUT2D eigenvalue weighted by Gasteiger charge is 2.54. The molecule has 0 spiro atoms. The molecule has 0 bridgehead atoms. The van der Waals surface area contributed by atoms with Gasteiger partial charge < -0.3 is 48.9 Å². The van der Waals surface area contributed by atoms with Crippen LogP contribution < -0.4 is 15.1 Å². The first kappa shape index (κ1) is 34.0. The average molecular weight is 674 g/mol. The maximum absolute atomic E-state index is 12.1. The SMILES string of the molecule is Cc1cc(=O)oc2cc(OC3OC(C(=O)O)C(OC4OC(COS(=O)(=O)O)C(O)C(O)C4NS(=O)(=O)O)C(O)C3O)ccc12. The molecule has 0 radical (unpaired) electrons. The summed E-state index contributed by atoms with van der Waals surface area (Å²) >= 11 is 0. The Balaban J connectivity index is 1.59. The van der Waals surface area contributed by atoms with Crippen molar-refractivity contribution in [2.24, 2.45) is 0 Å². The molecule has 4 rings (SSSR count). The average Bonchev–Trinajstić information content (AvgIpc) is 2.89. The van der Waals surface area contributed by atoms with Gasteiger partial charge in [-0.3, -0.25) is 9.11 Å². The van der Waals surface area contributed by atoms with Gasteiger partial charge in [0.05, 0.1) is 6.61 Å². The normalized spacial score (nSPS) is 33.2. The molecule has 2 aliphatic rings. The van der Waals surface area contributed by atoms with Gasteiger partial charge in [0.1, 0.15) is 54.0 Å². The molecular weight excluding hydrogens is 646 g/mol. The first-order valence-corrected chi connectivity index (χ1v) is 15.1. The van der Waals surface area contributed by atoms with E-state index in [4.69, 9.17) is 27.9 Å². The Kier molecular flexibility index (Phi) is 9.96. The lowest BCUT2D eigenvalue weighted by Crippen LogP contribution is -2.68. The fourth-order valence-electron chi connectivity index (χ4n) is 4.59. The van der Waals surface area contributed by atoms with Gasteiger partial charge in [-0.2, -0.15) is 21.6 Å². The number of aryl methyl sites for hydroxylation is 1. The standard InChI is InChI=1S/C22H27NO19S2/c1-7-4-12(24)39-10-5-8(2-3-9(7)10)38-22-17(28)16(27)18(19(42-22)20(29)30)41-21-13(23-43(31,32)33)15(26)14(25)11(40-21)6-37-44(34,35)36/h2-5,11,13-19,21-23,25-28H,6H2,1H3,(H,29,30)(H,31,32,33)(H,34,35,36). The largest absolute Gasteiger partial charge is 0.479 e. The van der Waals surface area contributed by atoms with E-state index < -0.39 is 100 Å². The maximum atomic E-state index is 12.1. The van der Waals surface area contributed by atoms with E-state index in [9.17, 15) is 56.5 Å². The molecule has 0 saturated carbocycles. The minimum atomic E-state index is -5.18. The first-order chi connectivity index (χ1) is 20.3. The second kappa shape index (κ2) is 12.9. The van der Waals surface area contributed by atoms with Crippen LogP contribution in [0.1, 0.15) is 5.56 Å². The Morgan fingerprint density at radius 2 is 1.64 bits per heavy atom. The number of nitrogens with one attached hydrogen (secondary N) is 1. The van der Waals surface area contributed by atoms with Gasteiger partial charge in [0.15, 0.2) is 12.4 Å². The molecule has 8 N–H and O–H groups in total. The van der Waals surface area contributed by atoms with E-state index in [1.165, 1.54) is 29.0 Å². The molecule has 2 saturated heterocycles. The van der Waals surface area contributed by atoms with E-state index in [0.29, 0.717) is 10.9 Å². The molecule has 22 heteroatoms. The fraction of sp³-hybridized carbons (Fsp3) is 0.545. The van der Waals surface area contributed by atoms with Gasteiger partial charge in [0, 0.05) is 17.5 Å². The Morgan fingerprint density at radius 1 is 0.955 bits per heavy atom. The molecule has 246 valence electrons. The van der Waals surface area contributed by atoms with Crippen LogP contribution in [-0.2, 0) is 43.9 Å². The monoisotopic (exact) mass is 673 g/mol. The van der Waals surface area contributed by atoms with Crippen LogP contribution in [0.2, 0.25) is 0 Å². The molecule has 2 fully saturated rings. The lowest BCUT2D eigenvalue weighted by Gasteiger charge is -2.46. The van der Waals surface area contributed by atoms with E-state index in [2.05, 4.69) is 4.18 Å². The van der Waals surface area contributed by atoms with Gasteiger partial charge in [0.2, 0.25) is 6.29 Å². The van der Waals surface area contributed by atoms with Crippen LogP contribution >= 0.6 is 0 Å². The van der Waals surface area contributed by atoms with Crippen molar-refractivity contribution in [2.75, 3.05) is 6.61 Å². The third kappa shape index (κ3) is 7.86. The maximum Gasteiger partial charge on any atom is 0.397 e. The number of benzene rings is 1. The van der Waals surface area contributed by atoms with Crippen molar-refractivity contribution in [3.63, 3.8) is 0 Å². The van der Waals surface area contributed by atoms with E-state index in [0.717, 1.165) is 0 Å². The smallest absolute Gasteiger partial charge is 0.397 e. The zero-order valence-corrected chi connectivity index (χ0v) is 23.8. The van der Waals surface area contributed by atoms with E-state index in [1.807, 2.05) is 0 Å². The van der Waals surface area contributed by atoms with Crippen LogP contribution in [0.5, 0.6) is 5.75 Å². The van der Waals surface area contributed by atoms with Gasteiger partial charge in [-0.05, 0) is 24.6 Å². The number of hydrogen-bond acceptors (Lipinski definition) is 16. The lowest BCUT2D eigenvalue weighted by atomic mass is 9.96. The summed E-state index contributed by atoms with van der Waals surface area (Å²) in [7, 11) is -10.3. The highest BCUT2D eigenvalue weighted by atomic mass is 32.3. The zero-order valence-electron chi connectivity index (χ0n) is 22.1. The third-order valence-electron chi connectivity index (χ3n) is 6.62. The number of aliphatic hydroxyl groups excluding tert-OH is 4. The number of hydrogen-bond donors (Lipinski definition) is 8. The number of aliphatic carboxylic acids is 1. The summed E-state index contributed by atoms with van der Waals surface area (Å²) in [5, 5.41) is 52.7. The van der Waals surface area contributed by atoms with Crippen molar-refractivity contribution >= 4 is 37.6 Å². The Bertz CT molecular complexity index is 1640. The molecule has 0 amide bonds. The minimum absolute atomic E-state index is 0.0782. The summed E-state index contributed by atoms with van der Waals surface area (Å²) in [5.74, 6) is -1.89. The van der Waals surface area contributed by atoms with Gasteiger partial charge >= 0.3 is 32.3 Å². The van der Waals surface area contributed by atoms with Crippen LogP contribution in [0.15, 0.2) is 33.5 Å². The molecule has 1 aromatic carbocycles. The number of carboxylic acids is 1. The summed E-state index contributed by atoms with van der Waals surface area (Å²) < 4.78 is 95.2. The van der Waals surface area contributed by atoms with Crippen molar-refractivity contribution < 1.29 is 83.8 Å². The molecule has 10 atom stereocenters. The number of carbonyl (C=O) groups is 1. The summed E-state index contributed by atoms with van der Waals surface area (Å²) in [6.45, 7) is 0.475. The Hall–Kier alpha value is -2.84. The van der Waals surface area contributed by atoms with Crippen LogP contribution in [0.25, 0.3) is 11.0 Å². The molecule has 3 heterocycles. The molecule has 2 aliphatic heterocycles. The first-order valence-electron chi connectivity index (χ1n) is 12.3. The molecule has 1 aromatic heterocycles. The minimum Gasteiger partial charge on any atom is -0.479 e. The molecule has 44 heavy (non-hydrogen) atoms. The molecule has 2 aromatic rings. The van der Waals surface area contributed by atoms with Crippen LogP contribution in [0.4, 0.5) is 0 Å². The third-order valence-corrected chi connectivity index (χ3v) is 7.63. The topological polar surface area (TPSA) is 315 Å². The summed E-state index contributed by atoms with van der Waals surface area (Å²) in [5.41, 5.74) is -0.0118. The van der Waals surface area contributed by atoms with Crippen molar-refractivity contribution in [3.8, 4) is 5.75 Å². The lowest BCUT2D eigenvalue weighted by molar-refractivity contribution is -0.331. The second-order valence-electron chi connectivity index (χ2n) is 9.72. The van der Waals surface area contributed by atoms with Crippen molar-refractivity contribution in [2.45, 2.75) is 68.3 Å². The summed E-state index contributed by atoms with van der Waals surface area (Å²) in [6.07, 6.45) is -19.0. The van der Waals surface area contributed by atoms with Crippen molar-refractivity contribution in [3.05, 3.63) is 40.2 Å². The zero-order chi connectivity index (χ0) is 32.7. The van der Waals surface area contributed by atoms with E-state index in [-0.39, 0.29) is 11.3 Å². The Labute approximate surface area is 247 Å². The number of aliphatic hydroxyl groups is 4. The second-order valence-corrected chi connectivity index (χ2v) is 12.0. The quantitative estimate of drug-likeness (QED) is 0.0893. The van der Waals surface area contributed by atoms with Crippen LogP contribution in [0, 0.1) is 6.92 Å². The van der Waals surface area contributed by atoms with Crippen LogP contribution in [-0.4, -0.2) is 125 Å². The highest BCUT2D eigenvalue weighted by Crippen LogP contribution is 2.32. The van der Waals surface area contributed by atoms with Gasteiger partial charge in [-0.25, -0.2) is 13.8 Å². The highest BCUT2D eigenvalue weighted by molar-refractivity contribution is 7.83. The number of carboxylic acid groups (broad SMARTS) is 1. The number of fused-ring (bicyclic) bond motifs is 1. The van der Waals surface area contributed by atoms with Gasteiger partial charge in [0.25, 0.3) is 0 Å². The fourth-order valence-corrected chi connectivity index (χ4v) is 5.49. The van der Waals surface area contributed by atoms with Gasteiger partial charge in [-0.15, -0.1) is 0 Å². The number of ether oxygens (including phenoxy) is 4. The van der Waals surface area contributed by atoms with E-state index in [1.54, 1.807) is 6.92 Å². The molecule has 0 aliphatic carbocycles. The van der Waals surface area contributed by atoms with Gasteiger partial charge in [-0.1, -0.05) is 0 Å². The van der Waals surface area contributed by atoms with Crippen molar-refractivity contribution in [1.29, 1.82) is 0 Å². The summed E-state index contributed by atoms with van der Waals surface area (Å²) in [6, 6.07) is 3.23. The number of rotatable bonds is 10. The molecule has 20 nitrogen and oxygen atoms in total. The Morgan fingerprint density at radius 3 is 2.25 bits per heavy atom. The molecular formula is C22H27NO19S2. The molecule has 10 unspecified atom stereocenters. The van der Waals surface area contributed by atoms with E-state index >= 15 is 0 Å². The predicted molar refractivity (Wildman–Crippen MR) is 138 cm³/mol.